The Hall–Kier alpha value is -0.570. The number of ether oxygens (including phenoxy) is 1. The minimum absolute atomic E-state index is 0.146. The van der Waals surface area contributed by atoms with E-state index in [0.717, 1.165) is 12.8 Å². The number of hydrogen-bond donors (Lipinski definition) is 1. The van der Waals surface area contributed by atoms with Crippen molar-refractivity contribution in [1.29, 1.82) is 0 Å². The first-order valence-corrected chi connectivity index (χ1v) is 4.11. The number of carbonyl (C=O) groups is 1. The van der Waals surface area contributed by atoms with Crippen LogP contribution in [0.1, 0.15) is 19.3 Å². The second kappa shape index (κ2) is 2.48. The minimum Gasteiger partial charge on any atom is -0.465 e. The zero-order valence-corrected chi connectivity index (χ0v) is 6.32. The molecule has 1 N–H and O–H groups in total. The molecule has 0 amide bonds. The number of aliphatic hydroxyl groups excluding tert-OH is 1. The van der Waals surface area contributed by atoms with E-state index in [1.54, 1.807) is 0 Å². The molecule has 1 aliphatic carbocycles. The molecule has 0 aromatic rings. The quantitative estimate of drug-likeness (QED) is 0.514. The van der Waals surface area contributed by atoms with Gasteiger partial charge in [-0.05, 0) is 18.8 Å². The second-order valence-corrected chi connectivity index (χ2v) is 3.46. The molecular formula is C8H12O3. The molecule has 0 aromatic heterocycles. The molecule has 3 nitrogen and oxygen atoms in total. The molecule has 3 heteroatoms. The van der Waals surface area contributed by atoms with Gasteiger partial charge in [0, 0.05) is 5.92 Å². The van der Waals surface area contributed by atoms with E-state index < -0.39 is 0 Å². The lowest BCUT2D eigenvalue weighted by Gasteiger charge is -2.25. The van der Waals surface area contributed by atoms with Crippen LogP contribution in [0.15, 0.2) is 0 Å². The summed E-state index contributed by atoms with van der Waals surface area (Å²) in [5.41, 5.74) is 0. The number of cyclic esters (lactones) is 1. The molecule has 0 bridgehead atoms. The Balaban J connectivity index is 2.07. The SMILES string of the molecule is O=C1C[C@H]2[C@H](CC[C@@H]2O)CO1. The molecular weight excluding hydrogens is 144 g/mol. The maximum Gasteiger partial charge on any atom is 0.306 e. The van der Waals surface area contributed by atoms with Gasteiger partial charge in [0.1, 0.15) is 0 Å². The first-order chi connectivity index (χ1) is 5.27. The molecule has 0 spiro atoms. The van der Waals surface area contributed by atoms with Gasteiger partial charge in [-0.1, -0.05) is 0 Å². The summed E-state index contributed by atoms with van der Waals surface area (Å²) >= 11 is 0. The van der Waals surface area contributed by atoms with Crippen molar-refractivity contribution >= 4 is 5.97 Å². The summed E-state index contributed by atoms with van der Waals surface area (Å²) in [6.07, 6.45) is 2.02. The summed E-state index contributed by atoms with van der Waals surface area (Å²) in [7, 11) is 0. The smallest absolute Gasteiger partial charge is 0.306 e. The molecule has 0 unspecified atom stereocenters. The van der Waals surface area contributed by atoms with Gasteiger partial charge in [-0.2, -0.15) is 0 Å². The van der Waals surface area contributed by atoms with Gasteiger partial charge in [-0.25, -0.2) is 0 Å². The van der Waals surface area contributed by atoms with Crippen molar-refractivity contribution in [2.24, 2.45) is 11.8 Å². The molecule has 2 fully saturated rings. The molecule has 0 aromatic carbocycles. The van der Waals surface area contributed by atoms with E-state index in [1.165, 1.54) is 0 Å². The van der Waals surface area contributed by atoms with Crippen molar-refractivity contribution in [1.82, 2.24) is 0 Å². The molecule has 2 aliphatic rings. The van der Waals surface area contributed by atoms with Crippen molar-refractivity contribution in [3.8, 4) is 0 Å². The molecule has 1 heterocycles. The van der Waals surface area contributed by atoms with E-state index in [4.69, 9.17) is 4.74 Å². The van der Waals surface area contributed by atoms with Crippen LogP contribution < -0.4 is 0 Å². The van der Waals surface area contributed by atoms with Gasteiger partial charge in [0.05, 0.1) is 19.1 Å². The summed E-state index contributed by atoms with van der Waals surface area (Å²) in [6, 6.07) is 0. The van der Waals surface area contributed by atoms with Gasteiger partial charge >= 0.3 is 5.97 Å². The Morgan fingerprint density at radius 1 is 1.45 bits per heavy atom. The topological polar surface area (TPSA) is 46.5 Å². The zero-order valence-electron chi connectivity index (χ0n) is 6.32. The molecule has 62 valence electrons. The summed E-state index contributed by atoms with van der Waals surface area (Å²) < 4.78 is 4.89. The molecule has 0 radical (unpaired) electrons. The zero-order chi connectivity index (χ0) is 7.84. The second-order valence-electron chi connectivity index (χ2n) is 3.46. The largest absolute Gasteiger partial charge is 0.465 e. The highest BCUT2D eigenvalue weighted by Crippen LogP contribution is 2.37. The molecule has 1 saturated heterocycles. The van der Waals surface area contributed by atoms with Crippen LogP contribution >= 0.6 is 0 Å². The van der Waals surface area contributed by atoms with Crippen LogP contribution in [0.2, 0.25) is 0 Å². The Bertz CT molecular complexity index is 178. The maximum atomic E-state index is 10.8. The van der Waals surface area contributed by atoms with Crippen LogP contribution in [0.4, 0.5) is 0 Å². The van der Waals surface area contributed by atoms with E-state index in [1.807, 2.05) is 0 Å². The van der Waals surface area contributed by atoms with Crippen LogP contribution in [0.5, 0.6) is 0 Å². The minimum atomic E-state index is -0.257. The van der Waals surface area contributed by atoms with E-state index in [-0.39, 0.29) is 18.0 Å². The number of fused-ring (bicyclic) bond motifs is 1. The molecule has 3 atom stereocenters. The Morgan fingerprint density at radius 2 is 2.27 bits per heavy atom. The van der Waals surface area contributed by atoms with Crippen molar-refractivity contribution in [3.63, 3.8) is 0 Å². The average molecular weight is 156 g/mol. The Kier molecular flexibility index (Phi) is 1.60. The third-order valence-electron chi connectivity index (χ3n) is 2.79. The van der Waals surface area contributed by atoms with Crippen LogP contribution in [-0.4, -0.2) is 23.8 Å². The van der Waals surface area contributed by atoms with E-state index in [0.29, 0.717) is 18.9 Å². The monoisotopic (exact) mass is 156 g/mol. The highest BCUT2D eigenvalue weighted by molar-refractivity contribution is 5.70. The Morgan fingerprint density at radius 3 is 3.09 bits per heavy atom. The van der Waals surface area contributed by atoms with Gasteiger partial charge in [0.15, 0.2) is 0 Å². The van der Waals surface area contributed by atoms with Gasteiger partial charge in [0.2, 0.25) is 0 Å². The van der Waals surface area contributed by atoms with Crippen LogP contribution in [0.25, 0.3) is 0 Å². The summed E-state index contributed by atoms with van der Waals surface area (Å²) in [4.78, 5) is 10.8. The molecule has 1 saturated carbocycles. The third kappa shape index (κ3) is 1.13. The maximum absolute atomic E-state index is 10.8. The van der Waals surface area contributed by atoms with Gasteiger partial charge < -0.3 is 9.84 Å². The van der Waals surface area contributed by atoms with E-state index >= 15 is 0 Å². The highest BCUT2D eigenvalue weighted by atomic mass is 16.5. The van der Waals surface area contributed by atoms with Crippen LogP contribution in [0, 0.1) is 11.8 Å². The number of rotatable bonds is 0. The van der Waals surface area contributed by atoms with Crippen molar-refractivity contribution in [2.45, 2.75) is 25.4 Å². The lowest BCUT2D eigenvalue weighted by molar-refractivity contribution is -0.153. The molecule has 1 aliphatic heterocycles. The molecule has 2 rings (SSSR count). The van der Waals surface area contributed by atoms with Gasteiger partial charge in [-0.3, -0.25) is 4.79 Å². The number of hydrogen-bond acceptors (Lipinski definition) is 3. The van der Waals surface area contributed by atoms with E-state index in [2.05, 4.69) is 0 Å². The average Bonchev–Trinajstić information content (AvgIpc) is 2.33. The van der Waals surface area contributed by atoms with Crippen LogP contribution in [-0.2, 0) is 9.53 Å². The summed E-state index contributed by atoms with van der Waals surface area (Å²) in [6.45, 7) is 0.528. The third-order valence-corrected chi connectivity index (χ3v) is 2.79. The first-order valence-electron chi connectivity index (χ1n) is 4.11. The lowest BCUT2D eigenvalue weighted by atomic mass is 9.90. The van der Waals surface area contributed by atoms with Crippen molar-refractivity contribution in [2.75, 3.05) is 6.61 Å². The lowest BCUT2D eigenvalue weighted by Crippen LogP contribution is -2.31. The predicted octanol–water partition coefficient (Wildman–Crippen LogP) is 0.320. The standard InChI is InChI=1S/C8H12O3/c9-7-2-1-5-4-11-8(10)3-6(5)7/h5-7,9H,1-4H2/t5-,6+,7+/m1/s1. The summed E-state index contributed by atoms with van der Waals surface area (Å²) in [5, 5.41) is 9.43. The number of esters is 1. The van der Waals surface area contributed by atoms with Crippen molar-refractivity contribution in [3.05, 3.63) is 0 Å². The van der Waals surface area contributed by atoms with Crippen LogP contribution in [0.3, 0.4) is 0 Å². The van der Waals surface area contributed by atoms with Gasteiger partial charge in [-0.15, -0.1) is 0 Å². The number of carbonyl (C=O) groups excluding carboxylic acids is 1. The predicted molar refractivity (Wildman–Crippen MR) is 37.8 cm³/mol. The van der Waals surface area contributed by atoms with Crippen molar-refractivity contribution < 1.29 is 14.6 Å². The normalized spacial score (nSPS) is 43.4. The van der Waals surface area contributed by atoms with Gasteiger partial charge in [0.25, 0.3) is 0 Å². The fourth-order valence-corrected chi connectivity index (χ4v) is 2.09. The summed E-state index contributed by atoms with van der Waals surface area (Å²) in [5.74, 6) is 0.478. The molecule has 11 heavy (non-hydrogen) atoms. The fourth-order valence-electron chi connectivity index (χ4n) is 2.09. The number of aliphatic hydroxyl groups is 1. The first kappa shape index (κ1) is 7.10. The highest BCUT2D eigenvalue weighted by Gasteiger charge is 2.40. The van der Waals surface area contributed by atoms with E-state index in [9.17, 15) is 9.90 Å². The Labute approximate surface area is 65.4 Å². The fraction of sp³-hybridized carbons (Fsp3) is 0.875.